The molecule has 0 amide bonds. The zero-order valence-electron chi connectivity index (χ0n) is 8.96. The average Bonchev–Trinajstić information content (AvgIpc) is 2.46. The largest absolute Gasteiger partial charge is 0.369 e. The number of nitrogens with one attached hydrogen (secondary N) is 1. The Bertz CT molecular complexity index is 312. The van der Waals surface area contributed by atoms with Crippen LogP contribution < -0.4 is 10.2 Å². The van der Waals surface area contributed by atoms with Gasteiger partial charge in [0.05, 0.1) is 10.7 Å². The fourth-order valence-corrected chi connectivity index (χ4v) is 2.32. The molecule has 82 valence electrons. The SMILES string of the molecule is Cc1cncc(Cl)c1N1CCCNCC1. The van der Waals surface area contributed by atoms with Crippen molar-refractivity contribution >= 4 is 17.3 Å². The van der Waals surface area contributed by atoms with Crippen LogP contribution in [0, 0.1) is 6.92 Å². The predicted molar refractivity (Wildman–Crippen MR) is 63.7 cm³/mol. The van der Waals surface area contributed by atoms with Gasteiger partial charge in [-0.1, -0.05) is 11.6 Å². The highest BCUT2D eigenvalue weighted by Gasteiger charge is 2.14. The van der Waals surface area contributed by atoms with Gasteiger partial charge in [-0.2, -0.15) is 0 Å². The summed E-state index contributed by atoms with van der Waals surface area (Å²) in [7, 11) is 0. The van der Waals surface area contributed by atoms with E-state index in [9.17, 15) is 0 Å². The molecule has 1 aliphatic heterocycles. The van der Waals surface area contributed by atoms with Crippen molar-refractivity contribution in [2.24, 2.45) is 0 Å². The summed E-state index contributed by atoms with van der Waals surface area (Å²) in [6.07, 6.45) is 4.76. The van der Waals surface area contributed by atoms with Gasteiger partial charge in [-0.15, -0.1) is 0 Å². The Hall–Kier alpha value is -0.800. The molecule has 0 atom stereocenters. The lowest BCUT2D eigenvalue weighted by Gasteiger charge is -2.24. The van der Waals surface area contributed by atoms with Crippen molar-refractivity contribution in [3.05, 3.63) is 23.0 Å². The maximum atomic E-state index is 6.19. The number of anilines is 1. The van der Waals surface area contributed by atoms with E-state index < -0.39 is 0 Å². The standard InChI is InChI=1S/C11H16ClN3/c1-9-7-14-8-10(12)11(9)15-5-2-3-13-4-6-15/h7-8,13H,2-6H2,1H3. The van der Waals surface area contributed by atoms with Crippen molar-refractivity contribution < 1.29 is 0 Å². The molecule has 2 heterocycles. The molecule has 15 heavy (non-hydrogen) atoms. The lowest BCUT2D eigenvalue weighted by atomic mass is 10.2. The number of hydrogen-bond acceptors (Lipinski definition) is 3. The van der Waals surface area contributed by atoms with Crippen molar-refractivity contribution in [2.75, 3.05) is 31.1 Å². The molecule has 1 aromatic heterocycles. The molecule has 1 aliphatic rings. The minimum atomic E-state index is 0.761. The van der Waals surface area contributed by atoms with Gasteiger partial charge in [0.2, 0.25) is 0 Å². The second-order valence-electron chi connectivity index (χ2n) is 3.88. The van der Waals surface area contributed by atoms with Crippen LogP contribution in [-0.2, 0) is 0 Å². The molecule has 0 unspecified atom stereocenters. The first-order valence-electron chi connectivity index (χ1n) is 5.35. The van der Waals surface area contributed by atoms with E-state index in [2.05, 4.69) is 22.1 Å². The fourth-order valence-electron chi connectivity index (χ4n) is 1.99. The highest BCUT2D eigenvalue weighted by molar-refractivity contribution is 6.33. The quantitative estimate of drug-likeness (QED) is 0.791. The lowest BCUT2D eigenvalue weighted by molar-refractivity contribution is 0.724. The molecule has 1 saturated heterocycles. The second kappa shape index (κ2) is 4.81. The zero-order chi connectivity index (χ0) is 10.7. The Morgan fingerprint density at radius 1 is 1.33 bits per heavy atom. The number of hydrogen-bond donors (Lipinski definition) is 1. The van der Waals surface area contributed by atoms with Crippen LogP contribution >= 0.6 is 11.6 Å². The predicted octanol–water partition coefficient (Wildman–Crippen LogP) is 1.84. The molecule has 3 nitrogen and oxygen atoms in total. The Balaban J connectivity index is 2.26. The molecule has 1 aromatic rings. The van der Waals surface area contributed by atoms with E-state index in [1.807, 2.05) is 6.20 Å². The summed E-state index contributed by atoms with van der Waals surface area (Å²) in [5.74, 6) is 0. The number of aromatic nitrogens is 1. The molecule has 0 aromatic carbocycles. The maximum absolute atomic E-state index is 6.19. The Labute approximate surface area is 95.4 Å². The monoisotopic (exact) mass is 225 g/mol. The summed E-state index contributed by atoms with van der Waals surface area (Å²) >= 11 is 6.19. The topological polar surface area (TPSA) is 28.2 Å². The molecule has 2 rings (SSSR count). The van der Waals surface area contributed by atoms with E-state index in [4.69, 9.17) is 11.6 Å². The van der Waals surface area contributed by atoms with Gasteiger partial charge in [0, 0.05) is 32.0 Å². The van der Waals surface area contributed by atoms with Gasteiger partial charge in [-0.25, -0.2) is 0 Å². The van der Waals surface area contributed by atoms with Crippen molar-refractivity contribution in [1.82, 2.24) is 10.3 Å². The van der Waals surface area contributed by atoms with Crippen LogP contribution in [0.15, 0.2) is 12.4 Å². The van der Waals surface area contributed by atoms with Gasteiger partial charge < -0.3 is 10.2 Å². The molecule has 1 fully saturated rings. The van der Waals surface area contributed by atoms with Gasteiger partial charge in [-0.3, -0.25) is 4.98 Å². The minimum absolute atomic E-state index is 0.761. The number of rotatable bonds is 1. The van der Waals surface area contributed by atoms with Gasteiger partial charge in [0.15, 0.2) is 0 Å². The number of halogens is 1. The van der Waals surface area contributed by atoms with E-state index in [0.717, 1.165) is 48.9 Å². The molecular weight excluding hydrogens is 210 g/mol. The van der Waals surface area contributed by atoms with Crippen LogP contribution in [0.5, 0.6) is 0 Å². The minimum Gasteiger partial charge on any atom is -0.369 e. The molecule has 0 saturated carbocycles. The highest BCUT2D eigenvalue weighted by Crippen LogP contribution is 2.28. The van der Waals surface area contributed by atoms with Crippen LogP contribution in [0.2, 0.25) is 5.02 Å². The Morgan fingerprint density at radius 3 is 3.00 bits per heavy atom. The average molecular weight is 226 g/mol. The van der Waals surface area contributed by atoms with Crippen molar-refractivity contribution in [1.29, 1.82) is 0 Å². The summed E-state index contributed by atoms with van der Waals surface area (Å²) in [5.41, 5.74) is 2.31. The molecule has 0 radical (unpaired) electrons. The van der Waals surface area contributed by atoms with E-state index in [1.165, 1.54) is 0 Å². The third kappa shape index (κ3) is 2.41. The van der Waals surface area contributed by atoms with Gasteiger partial charge in [0.25, 0.3) is 0 Å². The normalized spacial score (nSPS) is 17.6. The summed E-state index contributed by atoms with van der Waals surface area (Å²) < 4.78 is 0. The van der Waals surface area contributed by atoms with Crippen LogP contribution in [0.25, 0.3) is 0 Å². The van der Waals surface area contributed by atoms with Crippen LogP contribution in [0.1, 0.15) is 12.0 Å². The lowest BCUT2D eigenvalue weighted by Crippen LogP contribution is -2.28. The summed E-state index contributed by atoms with van der Waals surface area (Å²) in [6, 6.07) is 0. The number of aryl methyl sites for hydroxylation is 1. The molecule has 4 heteroatoms. The summed E-state index contributed by atoms with van der Waals surface area (Å²) in [6.45, 7) is 6.27. The molecule has 1 N–H and O–H groups in total. The molecular formula is C11H16ClN3. The maximum Gasteiger partial charge on any atom is 0.0825 e. The third-order valence-corrected chi connectivity index (χ3v) is 2.99. The van der Waals surface area contributed by atoms with Crippen molar-refractivity contribution in [3.8, 4) is 0 Å². The van der Waals surface area contributed by atoms with E-state index in [1.54, 1.807) is 6.20 Å². The smallest absolute Gasteiger partial charge is 0.0825 e. The van der Waals surface area contributed by atoms with Gasteiger partial charge in [0.1, 0.15) is 0 Å². The molecule has 0 bridgehead atoms. The Kier molecular flexibility index (Phi) is 3.44. The number of nitrogens with zero attached hydrogens (tertiary/aromatic N) is 2. The van der Waals surface area contributed by atoms with E-state index in [0.29, 0.717) is 0 Å². The first kappa shape index (κ1) is 10.7. The fraction of sp³-hybridized carbons (Fsp3) is 0.545. The third-order valence-electron chi connectivity index (χ3n) is 2.71. The molecule has 0 aliphatic carbocycles. The van der Waals surface area contributed by atoms with E-state index in [-0.39, 0.29) is 0 Å². The van der Waals surface area contributed by atoms with Crippen molar-refractivity contribution in [2.45, 2.75) is 13.3 Å². The first-order valence-corrected chi connectivity index (χ1v) is 5.72. The summed E-state index contributed by atoms with van der Waals surface area (Å²) in [5, 5.41) is 4.15. The van der Waals surface area contributed by atoms with Crippen molar-refractivity contribution in [3.63, 3.8) is 0 Å². The summed E-state index contributed by atoms with van der Waals surface area (Å²) in [4.78, 5) is 6.44. The molecule has 0 spiro atoms. The first-order chi connectivity index (χ1) is 7.29. The van der Waals surface area contributed by atoms with Crippen LogP contribution in [0.4, 0.5) is 5.69 Å². The zero-order valence-corrected chi connectivity index (χ0v) is 9.72. The van der Waals surface area contributed by atoms with Crippen LogP contribution in [0.3, 0.4) is 0 Å². The van der Waals surface area contributed by atoms with Crippen LogP contribution in [-0.4, -0.2) is 31.2 Å². The van der Waals surface area contributed by atoms with Gasteiger partial charge >= 0.3 is 0 Å². The second-order valence-corrected chi connectivity index (χ2v) is 4.28. The highest BCUT2D eigenvalue weighted by atomic mass is 35.5. The van der Waals surface area contributed by atoms with Gasteiger partial charge in [-0.05, 0) is 25.5 Å². The number of pyridine rings is 1. The van der Waals surface area contributed by atoms with E-state index >= 15 is 0 Å². The Morgan fingerprint density at radius 2 is 2.20 bits per heavy atom.